The van der Waals surface area contributed by atoms with Crippen molar-refractivity contribution >= 4 is 15.9 Å². The lowest BCUT2D eigenvalue weighted by Gasteiger charge is -2.10. The number of rotatable bonds is 9. The van der Waals surface area contributed by atoms with Crippen LogP contribution in [0.2, 0.25) is 0 Å². The quantitative estimate of drug-likeness (QED) is 0.658. The predicted octanol–water partition coefficient (Wildman–Crippen LogP) is 1.04. The molecular formula is C16H27N3O3S. The van der Waals surface area contributed by atoms with Gasteiger partial charge in [0.15, 0.2) is 0 Å². The van der Waals surface area contributed by atoms with Gasteiger partial charge in [-0.05, 0) is 64.2 Å². The van der Waals surface area contributed by atoms with Crippen LogP contribution in [0.1, 0.15) is 24.0 Å². The lowest BCUT2D eigenvalue weighted by atomic mass is 10.1. The van der Waals surface area contributed by atoms with E-state index in [2.05, 4.69) is 10.0 Å². The number of amides is 1. The highest BCUT2D eigenvalue weighted by molar-refractivity contribution is 7.89. The Balaban J connectivity index is 2.39. The van der Waals surface area contributed by atoms with Crippen molar-refractivity contribution in [1.82, 2.24) is 14.9 Å². The summed E-state index contributed by atoms with van der Waals surface area (Å²) < 4.78 is 26.8. The molecule has 6 nitrogen and oxygen atoms in total. The van der Waals surface area contributed by atoms with Crippen molar-refractivity contribution in [2.45, 2.75) is 31.6 Å². The molecule has 0 aliphatic carbocycles. The summed E-state index contributed by atoms with van der Waals surface area (Å²) in [5.41, 5.74) is 1.97. The number of hydrogen-bond acceptors (Lipinski definition) is 4. The third-order valence-corrected chi connectivity index (χ3v) is 5.00. The first kappa shape index (κ1) is 19.6. The van der Waals surface area contributed by atoms with E-state index < -0.39 is 10.0 Å². The Morgan fingerprint density at radius 3 is 2.43 bits per heavy atom. The summed E-state index contributed by atoms with van der Waals surface area (Å²) in [5, 5.41) is 2.78. The summed E-state index contributed by atoms with van der Waals surface area (Å²) in [4.78, 5) is 13.9. The van der Waals surface area contributed by atoms with Gasteiger partial charge in [0.25, 0.3) is 0 Å². The van der Waals surface area contributed by atoms with Crippen molar-refractivity contribution in [3.8, 4) is 0 Å². The number of sulfonamides is 1. The molecular weight excluding hydrogens is 314 g/mol. The number of nitrogens with zero attached hydrogens (tertiary/aromatic N) is 1. The predicted molar refractivity (Wildman–Crippen MR) is 91.9 cm³/mol. The molecule has 7 heteroatoms. The zero-order valence-corrected chi connectivity index (χ0v) is 15.2. The molecule has 0 saturated heterocycles. The Morgan fingerprint density at radius 2 is 1.83 bits per heavy atom. The molecule has 1 aromatic rings. The largest absolute Gasteiger partial charge is 0.356 e. The SMILES string of the molecule is Cc1ccc(S(=O)(=O)NCCC(=O)NCCCN(C)C)cc1C. The molecule has 2 N–H and O–H groups in total. The van der Waals surface area contributed by atoms with E-state index in [1.54, 1.807) is 18.2 Å². The van der Waals surface area contributed by atoms with Crippen molar-refractivity contribution < 1.29 is 13.2 Å². The molecule has 0 saturated carbocycles. The first-order valence-corrected chi connectivity index (χ1v) is 9.19. The maximum atomic E-state index is 12.2. The van der Waals surface area contributed by atoms with E-state index in [1.165, 1.54) is 0 Å². The molecule has 23 heavy (non-hydrogen) atoms. The van der Waals surface area contributed by atoms with Crippen LogP contribution in [0.15, 0.2) is 23.1 Å². The first-order chi connectivity index (χ1) is 10.7. The third kappa shape index (κ3) is 7.11. The number of nitrogens with one attached hydrogen (secondary N) is 2. The van der Waals surface area contributed by atoms with E-state index in [1.807, 2.05) is 32.8 Å². The van der Waals surface area contributed by atoms with Crippen LogP contribution in [-0.4, -0.2) is 53.0 Å². The van der Waals surface area contributed by atoms with Crippen LogP contribution in [0, 0.1) is 13.8 Å². The van der Waals surface area contributed by atoms with Gasteiger partial charge >= 0.3 is 0 Å². The van der Waals surface area contributed by atoms with Gasteiger partial charge in [-0.3, -0.25) is 4.79 Å². The lowest BCUT2D eigenvalue weighted by Crippen LogP contribution is -2.32. The van der Waals surface area contributed by atoms with Gasteiger partial charge in [-0.1, -0.05) is 6.07 Å². The zero-order valence-electron chi connectivity index (χ0n) is 14.3. The van der Waals surface area contributed by atoms with E-state index in [-0.39, 0.29) is 23.8 Å². The number of benzene rings is 1. The van der Waals surface area contributed by atoms with Crippen LogP contribution in [0.5, 0.6) is 0 Å². The Kier molecular flexibility index (Phi) is 7.67. The van der Waals surface area contributed by atoms with Gasteiger partial charge in [0.1, 0.15) is 0 Å². The third-order valence-electron chi connectivity index (χ3n) is 3.54. The van der Waals surface area contributed by atoms with E-state index in [0.29, 0.717) is 6.54 Å². The van der Waals surface area contributed by atoms with Gasteiger partial charge in [-0.2, -0.15) is 0 Å². The molecule has 0 atom stereocenters. The highest BCUT2D eigenvalue weighted by Crippen LogP contribution is 2.14. The molecule has 1 amide bonds. The fourth-order valence-electron chi connectivity index (χ4n) is 1.97. The zero-order chi connectivity index (χ0) is 17.5. The Labute approximate surface area is 139 Å². The van der Waals surface area contributed by atoms with Crippen molar-refractivity contribution in [2.24, 2.45) is 0 Å². The number of hydrogen-bond donors (Lipinski definition) is 2. The maximum Gasteiger partial charge on any atom is 0.240 e. The molecule has 0 bridgehead atoms. The van der Waals surface area contributed by atoms with E-state index in [9.17, 15) is 13.2 Å². The summed E-state index contributed by atoms with van der Waals surface area (Å²) in [6.07, 6.45) is 0.999. The van der Waals surface area contributed by atoms with Gasteiger partial charge in [0, 0.05) is 19.5 Å². The van der Waals surface area contributed by atoms with Crippen LogP contribution in [-0.2, 0) is 14.8 Å². The van der Waals surface area contributed by atoms with E-state index >= 15 is 0 Å². The summed E-state index contributed by atoms with van der Waals surface area (Å²) in [6.45, 7) is 5.39. The van der Waals surface area contributed by atoms with Crippen molar-refractivity contribution in [3.63, 3.8) is 0 Å². The van der Waals surface area contributed by atoms with Crippen molar-refractivity contribution in [2.75, 3.05) is 33.7 Å². The first-order valence-electron chi connectivity index (χ1n) is 7.71. The molecule has 0 aliphatic rings. The fraction of sp³-hybridized carbons (Fsp3) is 0.562. The molecule has 0 fully saturated rings. The normalized spacial score (nSPS) is 11.7. The number of carbonyl (C=O) groups excluding carboxylic acids is 1. The molecule has 0 radical (unpaired) electrons. The Bertz CT molecular complexity index is 627. The minimum atomic E-state index is -3.57. The van der Waals surface area contributed by atoms with Crippen LogP contribution in [0.4, 0.5) is 0 Å². The standard InChI is InChI=1S/C16H27N3O3S/c1-13-6-7-15(12-14(13)2)23(21,22)18-10-8-16(20)17-9-5-11-19(3)4/h6-7,12,18H,5,8-11H2,1-4H3,(H,17,20). The smallest absolute Gasteiger partial charge is 0.240 e. The van der Waals surface area contributed by atoms with Crippen LogP contribution in [0.3, 0.4) is 0 Å². The molecule has 0 aromatic heterocycles. The second-order valence-electron chi connectivity index (χ2n) is 5.90. The van der Waals surface area contributed by atoms with Gasteiger partial charge < -0.3 is 10.2 Å². The monoisotopic (exact) mass is 341 g/mol. The maximum absolute atomic E-state index is 12.2. The number of aryl methyl sites for hydroxylation is 2. The van der Waals surface area contributed by atoms with Crippen LogP contribution >= 0.6 is 0 Å². The highest BCUT2D eigenvalue weighted by atomic mass is 32.2. The number of carbonyl (C=O) groups is 1. The second kappa shape index (κ2) is 9.00. The topological polar surface area (TPSA) is 78.5 Å². The molecule has 0 heterocycles. The minimum Gasteiger partial charge on any atom is -0.356 e. The van der Waals surface area contributed by atoms with Gasteiger partial charge in [0.2, 0.25) is 15.9 Å². The molecule has 0 unspecified atom stereocenters. The minimum absolute atomic E-state index is 0.0920. The summed E-state index contributed by atoms with van der Waals surface area (Å²) in [7, 11) is 0.383. The van der Waals surface area contributed by atoms with Gasteiger partial charge in [-0.25, -0.2) is 13.1 Å². The molecule has 0 spiro atoms. The van der Waals surface area contributed by atoms with E-state index in [0.717, 1.165) is 24.1 Å². The van der Waals surface area contributed by atoms with Crippen molar-refractivity contribution in [1.29, 1.82) is 0 Å². The van der Waals surface area contributed by atoms with Gasteiger partial charge in [-0.15, -0.1) is 0 Å². The second-order valence-corrected chi connectivity index (χ2v) is 7.67. The summed E-state index contributed by atoms with van der Waals surface area (Å²) in [6, 6.07) is 4.99. The molecule has 130 valence electrons. The Hall–Kier alpha value is -1.44. The molecule has 1 aromatic carbocycles. The molecule has 1 rings (SSSR count). The fourth-order valence-corrected chi connectivity index (χ4v) is 3.09. The summed E-state index contributed by atoms with van der Waals surface area (Å²) in [5.74, 6) is -0.147. The lowest BCUT2D eigenvalue weighted by molar-refractivity contribution is -0.120. The van der Waals surface area contributed by atoms with Crippen molar-refractivity contribution in [3.05, 3.63) is 29.3 Å². The summed E-state index contributed by atoms with van der Waals surface area (Å²) >= 11 is 0. The Morgan fingerprint density at radius 1 is 1.13 bits per heavy atom. The van der Waals surface area contributed by atoms with E-state index in [4.69, 9.17) is 0 Å². The molecule has 0 aliphatic heterocycles. The highest BCUT2D eigenvalue weighted by Gasteiger charge is 2.14. The van der Waals surface area contributed by atoms with Crippen LogP contribution in [0.25, 0.3) is 0 Å². The average Bonchev–Trinajstić information content (AvgIpc) is 2.46. The average molecular weight is 341 g/mol. The van der Waals surface area contributed by atoms with Gasteiger partial charge in [0.05, 0.1) is 4.90 Å². The van der Waals surface area contributed by atoms with Crippen LogP contribution < -0.4 is 10.0 Å².